The van der Waals surface area contributed by atoms with Gasteiger partial charge in [0.25, 0.3) is 17.6 Å². The number of halogens is 1. The zero-order valence-electron chi connectivity index (χ0n) is 20.0. The Balaban J connectivity index is 1.55. The number of furan rings is 1. The van der Waals surface area contributed by atoms with Crippen LogP contribution in [-0.4, -0.2) is 79.7 Å². The van der Waals surface area contributed by atoms with Gasteiger partial charge in [-0.2, -0.15) is 0 Å². The van der Waals surface area contributed by atoms with E-state index < -0.39 is 11.7 Å². The molecule has 9 heteroatoms. The molecule has 0 unspecified atom stereocenters. The third-order valence-electron chi connectivity index (χ3n) is 6.15. The molecular formula is C26H28FN3O5. The highest BCUT2D eigenvalue weighted by atomic mass is 19.1. The van der Waals surface area contributed by atoms with Gasteiger partial charge in [0.05, 0.1) is 18.9 Å². The van der Waals surface area contributed by atoms with Crippen LogP contribution >= 0.6 is 0 Å². The van der Waals surface area contributed by atoms with Crippen molar-refractivity contribution in [1.82, 2.24) is 14.7 Å². The standard InChI is InChI=1S/C26H28FN3O5/c1-28(2)26(33)23(31)24-20-14-21(22(34-3)13-18(20)16-35-24)25(32)30-10-4-9-29(11-12-30)15-17-5-7-19(27)8-6-17/h5-8,13-14,16H,4,9-12,15H2,1-3H3. The van der Waals surface area contributed by atoms with Gasteiger partial charge in [-0.05, 0) is 36.2 Å². The fourth-order valence-corrected chi connectivity index (χ4v) is 4.24. The summed E-state index contributed by atoms with van der Waals surface area (Å²) in [5, 5.41) is 0.955. The Bertz CT molecular complexity index is 1250. The van der Waals surface area contributed by atoms with Crippen LogP contribution in [0.15, 0.2) is 47.1 Å². The van der Waals surface area contributed by atoms with Crippen molar-refractivity contribution in [3.8, 4) is 5.75 Å². The van der Waals surface area contributed by atoms with E-state index in [1.54, 1.807) is 29.2 Å². The highest BCUT2D eigenvalue weighted by molar-refractivity contribution is 6.44. The quantitative estimate of drug-likeness (QED) is 0.397. The topological polar surface area (TPSA) is 83.3 Å². The van der Waals surface area contributed by atoms with E-state index in [0.717, 1.165) is 18.5 Å². The summed E-state index contributed by atoms with van der Waals surface area (Å²) in [6, 6.07) is 9.65. The zero-order valence-corrected chi connectivity index (χ0v) is 20.0. The average Bonchev–Trinajstić information content (AvgIpc) is 3.13. The molecule has 1 aliphatic rings. The molecule has 8 nitrogen and oxygen atoms in total. The molecule has 1 aliphatic heterocycles. The number of rotatable bonds is 6. The van der Waals surface area contributed by atoms with Crippen molar-refractivity contribution in [2.45, 2.75) is 13.0 Å². The van der Waals surface area contributed by atoms with E-state index in [0.29, 0.717) is 48.3 Å². The summed E-state index contributed by atoms with van der Waals surface area (Å²) in [6.45, 7) is 3.23. The summed E-state index contributed by atoms with van der Waals surface area (Å²) in [5.74, 6) is -1.70. The average molecular weight is 482 g/mol. The molecule has 0 N–H and O–H groups in total. The summed E-state index contributed by atoms with van der Waals surface area (Å²) < 4.78 is 24.1. The SMILES string of the molecule is COc1cc2coc(C(=O)C(=O)N(C)C)c2cc1C(=O)N1CCCN(Cc2ccc(F)cc2)CC1. The van der Waals surface area contributed by atoms with E-state index in [1.807, 2.05) is 0 Å². The van der Waals surface area contributed by atoms with E-state index in [4.69, 9.17) is 9.15 Å². The van der Waals surface area contributed by atoms with Crippen molar-refractivity contribution in [2.75, 3.05) is 47.4 Å². The van der Waals surface area contributed by atoms with Crippen molar-refractivity contribution in [3.05, 3.63) is 65.4 Å². The largest absolute Gasteiger partial charge is 0.496 e. The van der Waals surface area contributed by atoms with Crippen molar-refractivity contribution >= 4 is 28.4 Å². The lowest BCUT2D eigenvalue weighted by Gasteiger charge is -2.23. The number of hydrogen-bond donors (Lipinski definition) is 0. The van der Waals surface area contributed by atoms with Gasteiger partial charge in [0.2, 0.25) is 0 Å². The first-order valence-electron chi connectivity index (χ1n) is 11.4. The first kappa shape index (κ1) is 24.4. The van der Waals surface area contributed by atoms with Gasteiger partial charge in [-0.3, -0.25) is 19.3 Å². The molecule has 1 aromatic heterocycles. The predicted molar refractivity (Wildman–Crippen MR) is 128 cm³/mol. The van der Waals surface area contributed by atoms with Crippen LogP contribution in [0, 0.1) is 5.82 Å². The molecule has 0 bridgehead atoms. The smallest absolute Gasteiger partial charge is 0.297 e. The molecule has 184 valence electrons. The Hall–Kier alpha value is -3.72. The van der Waals surface area contributed by atoms with Crippen LogP contribution in [0.4, 0.5) is 4.39 Å². The lowest BCUT2D eigenvalue weighted by atomic mass is 10.0. The number of methoxy groups -OCH3 is 1. The third kappa shape index (κ3) is 5.19. The molecule has 35 heavy (non-hydrogen) atoms. The molecule has 0 spiro atoms. The van der Waals surface area contributed by atoms with Gasteiger partial charge in [0.1, 0.15) is 11.6 Å². The van der Waals surface area contributed by atoms with E-state index in [1.165, 1.54) is 44.5 Å². The van der Waals surface area contributed by atoms with Crippen LogP contribution < -0.4 is 4.74 Å². The molecule has 4 rings (SSSR count). The Kier molecular flexibility index (Phi) is 7.16. The molecule has 3 aromatic rings. The van der Waals surface area contributed by atoms with E-state index in [-0.39, 0.29) is 17.5 Å². The minimum Gasteiger partial charge on any atom is -0.496 e. The monoisotopic (exact) mass is 481 g/mol. The summed E-state index contributed by atoms with van der Waals surface area (Å²) in [7, 11) is 4.45. The van der Waals surface area contributed by atoms with Crippen molar-refractivity contribution in [3.63, 3.8) is 0 Å². The molecule has 1 fully saturated rings. The van der Waals surface area contributed by atoms with Crippen molar-refractivity contribution < 1.29 is 27.9 Å². The van der Waals surface area contributed by atoms with Gasteiger partial charge in [-0.25, -0.2) is 4.39 Å². The highest BCUT2D eigenvalue weighted by Crippen LogP contribution is 2.31. The molecule has 0 aliphatic carbocycles. The molecular weight excluding hydrogens is 453 g/mol. The van der Waals surface area contributed by atoms with Crippen LogP contribution in [0.3, 0.4) is 0 Å². The number of carbonyl (C=O) groups is 3. The minimum atomic E-state index is -0.778. The van der Waals surface area contributed by atoms with Crippen molar-refractivity contribution in [1.29, 1.82) is 0 Å². The Morgan fingerprint density at radius 1 is 1.06 bits per heavy atom. The fourth-order valence-electron chi connectivity index (χ4n) is 4.24. The number of amides is 2. The maximum absolute atomic E-state index is 13.5. The molecule has 0 saturated carbocycles. The predicted octanol–water partition coefficient (Wildman–Crippen LogP) is 3.20. The van der Waals surface area contributed by atoms with Gasteiger partial charge in [0, 0.05) is 57.6 Å². The summed E-state index contributed by atoms with van der Waals surface area (Å²) >= 11 is 0. The number of fused-ring (bicyclic) bond motifs is 1. The van der Waals surface area contributed by atoms with E-state index in [2.05, 4.69) is 4.90 Å². The van der Waals surface area contributed by atoms with E-state index in [9.17, 15) is 18.8 Å². The minimum absolute atomic E-state index is 0.100. The lowest BCUT2D eigenvalue weighted by molar-refractivity contribution is -0.124. The zero-order chi connectivity index (χ0) is 25.1. The second-order valence-electron chi connectivity index (χ2n) is 8.78. The lowest BCUT2D eigenvalue weighted by Crippen LogP contribution is -2.35. The number of ether oxygens (including phenoxy) is 1. The van der Waals surface area contributed by atoms with Gasteiger partial charge in [-0.1, -0.05) is 12.1 Å². The number of likely N-dealkylation sites (N-methyl/N-ethyl adjacent to an activating group) is 1. The maximum Gasteiger partial charge on any atom is 0.297 e. The van der Waals surface area contributed by atoms with Crippen LogP contribution in [0.1, 0.15) is 32.9 Å². The molecule has 2 amide bonds. The first-order chi connectivity index (χ1) is 16.8. The summed E-state index contributed by atoms with van der Waals surface area (Å²) in [6.07, 6.45) is 2.16. The van der Waals surface area contributed by atoms with Crippen LogP contribution in [-0.2, 0) is 11.3 Å². The number of nitrogens with zero attached hydrogens (tertiary/aromatic N) is 3. The number of Topliss-reactive ketones (excluding diaryl/α,β-unsaturated/α-hetero) is 1. The summed E-state index contributed by atoms with van der Waals surface area (Å²) in [5.41, 5.74) is 1.32. The Morgan fingerprint density at radius 3 is 2.49 bits per heavy atom. The molecule has 2 heterocycles. The van der Waals surface area contributed by atoms with Crippen LogP contribution in [0.2, 0.25) is 0 Å². The van der Waals surface area contributed by atoms with Gasteiger partial charge in [-0.15, -0.1) is 0 Å². The second-order valence-corrected chi connectivity index (χ2v) is 8.78. The number of ketones is 1. The normalized spacial score (nSPS) is 14.6. The highest BCUT2D eigenvalue weighted by Gasteiger charge is 2.28. The Morgan fingerprint density at radius 2 is 1.80 bits per heavy atom. The Labute approximate surface area is 202 Å². The molecule has 0 atom stereocenters. The number of carbonyl (C=O) groups excluding carboxylic acids is 3. The maximum atomic E-state index is 13.5. The first-order valence-corrected chi connectivity index (χ1v) is 11.4. The van der Waals surface area contributed by atoms with Gasteiger partial charge >= 0.3 is 0 Å². The fraction of sp³-hybridized carbons (Fsp3) is 0.346. The molecule has 0 radical (unpaired) electrons. The van der Waals surface area contributed by atoms with Crippen LogP contribution in [0.5, 0.6) is 5.75 Å². The van der Waals surface area contributed by atoms with Crippen molar-refractivity contribution in [2.24, 2.45) is 0 Å². The number of benzene rings is 2. The second kappa shape index (κ2) is 10.3. The third-order valence-corrected chi connectivity index (χ3v) is 6.15. The summed E-state index contributed by atoms with van der Waals surface area (Å²) in [4.78, 5) is 43.5. The van der Waals surface area contributed by atoms with E-state index >= 15 is 0 Å². The molecule has 2 aromatic carbocycles. The molecule has 1 saturated heterocycles. The van der Waals surface area contributed by atoms with Gasteiger partial charge in [0.15, 0.2) is 5.76 Å². The van der Waals surface area contributed by atoms with Gasteiger partial charge < -0.3 is 19.0 Å². The van der Waals surface area contributed by atoms with Crippen LogP contribution in [0.25, 0.3) is 10.8 Å². The number of hydrogen-bond acceptors (Lipinski definition) is 6.